The summed E-state index contributed by atoms with van der Waals surface area (Å²) in [5, 5.41) is 9.88. The van der Waals surface area contributed by atoms with E-state index in [-0.39, 0.29) is 6.10 Å². The molecule has 0 saturated carbocycles. The Morgan fingerprint density at radius 1 is 1.40 bits per heavy atom. The first kappa shape index (κ1) is 10.5. The third kappa shape index (κ3) is 2.15. The van der Waals surface area contributed by atoms with E-state index in [4.69, 9.17) is 0 Å². The summed E-state index contributed by atoms with van der Waals surface area (Å²) in [6.07, 6.45) is 3.05. The molecule has 15 heavy (non-hydrogen) atoms. The summed E-state index contributed by atoms with van der Waals surface area (Å²) in [7, 11) is 0. The number of aliphatic hydroxyl groups is 1. The van der Waals surface area contributed by atoms with E-state index in [0.717, 1.165) is 25.1 Å². The highest BCUT2D eigenvalue weighted by atomic mass is 16.3. The maximum absolute atomic E-state index is 9.88. The monoisotopic (exact) mass is 205 g/mol. The molecule has 1 N–H and O–H groups in total. The first-order valence-corrected chi connectivity index (χ1v) is 5.85. The van der Waals surface area contributed by atoms with E-state index in [1.165, 1.54) is 18.5 Å². The fourth-order valence-electron chi connectivity index (χ4n) is 2.19. The molecule has 82 valence electrons. The maximum atomic E-state index is 9.88. The van der Waals surface area contributed by atoms with E-state index in [1.807, 2.05) is 12.1 Å². The topological polar surface area (TPSA) is 23.5 Å². The molecule has 1 heterocycles. The first-order valence-electron chi connectivity index (χ1n) is 5.85. The van der Waals surface area contributed by atoms with Crippen LogP contribution >= 0.6 is 0 Å². The number of anilines is 1. The lowest BCUT2D eigenvalue weighted by molar-refractivity contribution is 0.164. The molecule has 0 spiro atoms. The van der Waals surface area contributed by atoms with Crippen molar-refractivity contribution in [2.45, 2.75) is 32.3 Å². The lowest BCUT2D eigenvalue weighted by atomic mass is 9.99. The number of fused-ring (bicyclic) bond motifs is 1. The van der Waals surface area contributed by atoms with Crippen molar-refractivity contribution in [2.24, 2.45) is 0 Å². The van der Waals surface area contributed by atoms with Crippen LogP contribution in [0.5, 0.6) is 0 Å². The van der Waals surface area contributed by atoms with Gasteiger partial charge in [0.05, 0.1) is 6.10 Å². The van der Waals surface area contributed by atoms with Gasteiger partial charge in [0, 0.05) is 24.3 Å². The highest BCUT2D eigenvalue weighted by Gasteiger charge is 2.22. The van der Waals surface area contributed by atoms with Gasteiger partial charge >= 0.3 is 0 Å². The van der Waals surface area contributed by atoms with Crippen molar-refractivity contribution in [3.05, 3.63) is 29.8 Å². The Balaban J connectivity index is 2.20. The van der Waals surface area contributed by atoms with Crippen molar-refractivity contribution in [3.63, 3.8) is 0 Å². The molecule has 0 amide bonds. The highest BCUT2D eigenvalue weighted by Crippen LogP contribution is 2.33. The van der Waals surface area contributed by atoms with Crippen LogP contribution in [0.2, 0.25) is 0 Å². The summed E-state index contributed by atoms with van der Waals surface area (Å²) in [5.41, 5.74) is 2.32. The van der Waals surface area contributed by atoms with Crippen molar-refractivity contribution < 1.29 is 5.11 Å². The number of hydrogen-bond donors (Lipinski definition) is 1. The number of hydrogen-bond acceptors (Lipinski definition) is 2. The molecule has 0 bridgehead atoms. The van der Waals surface area contributed by atoms with Gasteiger partial charge in [0.15, 0.2) is 0 Å². The zero-order valence-corrected chi connectivity index (χ0v) is 9.32. The number of unbranched alkanes of at least 4 members (excludes halogenated alkanes) is 1. The van der Waals surface area contributed by atoms with Crippen molar-refractivity contribution in [3.8, 4) is 0 Å². The molecular weight excluding hydrogens is 186 g/mol. The van der Waals surface area contributed by atoms with Crippen LogP contribution in [-0.4, -0.2) is 18.2 Å². The predicted molar refractivity (Wildman–Crippen MR) is 63.1 cm³/mol. The average molecular weight is 205 g/mol. The number of para-hydroxylation sites is 1. The zero-order chi connectivity index (χ0) is 10.7. The van der Waals surface area contributed by atoms with Crippen LogP contribution in [0.3, 0.4) is 0 Å². The number of aliphatic hydroxyl groups excluding tert-OH is 1. The molecule has 1 aliphatic heterocycles. The lowest BCUT2D eigenvalue weighted by Crippen LogP contribution is -2.31. The summed E-state index contributed by atoms with van der Waals surface area (Å²) in [6.45, 7) is 4.31. The van der Waals surface area contributed by atoms with Crippen LogP contribution in [0.15, 0.2) is 24.3 Å². The second kappa shape index (κ2) is 4.67. The molecule has 0 aliphatic carbocycles. The molecule has 1 aliphatic rings. The Labute approximate surface area is 91.5 Å². The van der Waals surface area contributed by atoms with Gasteiger partial charge in [0.1, 0.15) is 0 Å². The van der Waals surface area contributed by atoms with Gasteiger partial charge in [0.2, 0.25) is 0 Å². The molecule has 2 rings (SSSR count). The van der Waals surface area contributed by atoms with Gasteiger partial charge in [-0.15, -0.1) is 0 Å². The molecule has 2 nitrogen and oxygen atoms in total. The van der Waals surface area contributed by atoms with Crippen LogP contribution in [0.25, 0.3) is 0 Å². The van der Waals surface area contributed by atoms with E-state index in [9.17, 15) is 5.11 Å². The van der Waals surface area contributed by atoms with Crippen LogP contribution in [0.4, 0.5) is 5.69 Å². The average Bonchev–Trinajstić information content (AvgIpc) is 2.29. The van der Waals surface area contributed by atoms with Gasteiger partial charge in [-0.1, -0.05) is 31.5 Å². The third-order valence-electron chi connectivity index (χ3n) is 3.09. The van der Waals surface area contributed by atoms with Crippen molar-refractivity contribution >= 4 is 5.69 Å². The second-order valence-electron chi connectivity index (χ2n) is 4.20. The Bertz CT molecular complexity index is 324. The first-order chi connectivity index (χ1) is 7.33. The fourth-order valence-corrected chi connectivity index (χ4v) is 2.19. The molecule has 0 aromatic heterocycles. The summed E-state index contributed by atoms with van der Waals surface area (Å²) in [4.78, 5) is 2.39. The van der Waals surface area contributed by atoms with Crippen LogP contribution in [-0.2, 0) is 0 Å². The van der Waals surface area contributed by atoms with Crippen LogP contribution < -0.4 is 4.90 Å². The molecular formula is C13H19NO. The molecule has 0 fully saturated rings. The minimum absolute atomic E-state index is 0.265. The predicted octanol–water partition coefficient (Wildman–Crippen LogP) is 2.73. The standard InChI is InChI=1S/C13H19NO/c1-2-3-9-14-10-8-13(15)11-6-4-5-7-12(11)14/h4-7,13,15H,2-3,8-10H2,1H3. The van der Waals surface area contributed by atoms with E-state index in [0.29, 0.717) is 0 Å². The molecule has 0 saturated heterocycles. The lowest BCUT2D eigenvalue weighted by Gasteiger charge is -2.33. The number of rotatable bonds is 3. The molecule has 1 aromatic carbocycles. The van der Waals surface area contributed by atoms with Crippen molar-refractivity contribution in [2.75, 3.05) is 18.0 Å². The Morgan fingerprint density at radius 2 is 2.20 bits per heavy atom. The third-order valence-corrected chi connectivity index (χ3v) is 3.09. The maximum Gasteiger partial charge on any atom is 0.0826 e. The summed E-state index contributed by atoms with van der Waals surface area (Å²) in [5.74, 6) is 0. The van der Waals surface area contributed by atoms with Gasteiger partial charge in [-0.2, -0.15) is 0 Å². The molecule has 1 atom stereocenters. The minimum atomic E-state index is -0.265. The molecule has 1 aromatic rings. The smallest absolute Gasteiger partial charge is 0.0826 e. The fraction of sp³-hybridized carbons (Fsp3) is 0.538. The van der Waals surface area contributed by atoms with Crippen LogP contribution in [0.1, 0.15) is 37.9 Å². The quantitative estimate of drug-likeness (QED) is 0.820. The summed E-state index contributed by atoms with van der Waals surface area (Å²) in [6, 6.07) is 8.21. The molecule has 2 heteroatoms. The summed E-state index contributed by atoms with van der Waals surface area (Å²) < 4.78 is 0. The Kier molecular flexibility index (Phi) is 3.27. The van der Waals surface area contributed by atoms with Crippen molar-refractivity contribution in [1.82, 2.24) is 0 Å². The molecule has 0 radical (unpaired) electrons. The molecule has 1 unspecified atom stereocenters. The number of benzene rings is 1. The number of nitrogens with zero attached hydrogens (tertiary/aromatic N) is 1. The van der Waals surface area contributed by atoms with E-state index >= 15 is 0 Å². The van der Waals surface area contributed by atoms with E-state index < -0.39 is 0 Å². The van der Waals surface area contributed by atoms with Crippen LogP contribution in [0, 0.1) is 0 Å². The SMILES string of the molecule is CCCCN1CCC(O)c2ccccc21. The Hall–Kier alpha value is -1.02. The van der Waals surface area contributed by atoms with Crippen molar-refractivity contribution in [1.29, 1.82) is 0 Å². The van der Waals surface area contributed by atoms with Gasteiger partial charge in [0.25, 0.3) is 0 Å². The van der Waals surface area contributed by atoms with E-state index in [2.05, 4.69) is 24.0 Å². The van der Waals surface area contributed by atoms with Gasteiger partial charge in [-0.3, -0.25) is 0 Å². The highest BCUT2D eigenvalue weighted by molar-refractivity contribution is 5.56. The summed E-state index contributed by atoms with van der Waals surface area (Å²) >= 11 is 0. The second-order valence-corrected chi connectivity index (χ2v) is 4.20. The van der Waals surface area contributed by atoms with Gasteiger partial charge in [-0.25, -0.2) is 0 Å². The Morgan fingerprint density at radius 3 is 3.00 bits per heavy atom. The van der Waals surface area contributed by atoms with Gasteiger partial charge in [-0.05, 0) is 18.9 Å². The normalized spacial score (nSPS) is 20.1. The minimum Gasteiger partial charge on any atom is -0.388 e. The largest absolute Gasteiger partial charge is 0.388 e. The zero-order valence-electron chi connectivity index (χ0n) is 9.32. The van der Waals surface area contributed by atoms with Gasteiger partial charge < -0.3 is 10.0 Å². The van der Waals surface area contributed by atoms with E-state index in [1.54, 1.807) is 0 Å².